The number of rotatable bonds is 5. The number of aryl methyl sites for hydroxylation is 1. The Kier molecular flexibility index (Phi) is 4.90. The molecule has 0 radical (unpaired) electrons. The minimum absolute atomic E-state index is 0.747. The summed E-state index contributed by atoms with van der Waals surface area (Å²) in [6, 6.07) is 12.1. The number of ether oxygens (including phenoxy) is 2. The number of benzene rings is 2. The van der Waals surface area contributed by atoms with Crippen molar-refractivity contribution in [2.75, 3.05) is 19.5 Å². The maximum absolute atomic E-state index is 5.37. The van der Waals surface area contributed by atoms with E-state index in [4.69, 9.17) is 9.47 Å². The van der Waals surface area contributed by atoms with Crippen molar-refractivity contribution in [1.29, 1.82) is 0 Å². The van der Waals surface area contributed by atoms with Crippen molar-refractivity contribution >= 4 is 21.6 Å². The average molecular weight is 336 g/mol. The molecule has 0 unspecified atom stereocenters. The van der Waals surface area contributed by atoms with Gasteiger partial charge in [0.05, 0.1) is 19.9 Å². The summed E-state index contributed by atoms with van der Waals surface area (Å²) in [6.07, 6.45) is 0. The van der Waals surface area contributed by atoms with Crippen LogP contribution in [-0.4, -0.2) is 14.2 Å². The zero-order chi connectivity index (χ0) is 14.5. The Morgan fingerprint density at radius 2 is 1.85 bits per heavy atom. The van der Waals surface area contributed by atoms with Gasteiger partial charge in [0.1, 0.15) is 11.5 Å². The van der Waals surface area contributed by atoms with Crippen LogP contribution in [0.25, 0.3) is 0 Å². The second kappa shape index (κ2) is 6.66. The molecule has 0 saturated carbocycles. The molecule has 4 heteroatoms. The van der Waals surface area contributed by atoms with E-state index in [-0.39, 0.29) is 0 Å². The van der Waals surface area contributed by atoms with Gasteiger partial charge in [0.2, 0.25) is 0 Å². The molecule has 0 aliphatic rings. The van der Waals surface area contributed by atoms with Gasteiger partial charge in [-0.3, -0.25) is 0 Å². The summed E-state index contributed by atoms with van der Waals surface area (Å²) in [6.45, 7) is 2.83. The highest BCUT2D eigenvalue weighted by Gasteiger charge is 2.05. The van der Waals surface area contributed by atoms with Gasteiger partial charge in [-0.05, 0) is 36.2 Å². The Bertz CT molecular complexity index is 599. The molecule has 1 N–H and O–H groups in total. The van der Waals surface area contributed by atoms with E-state index < -0.39 is 0 Å². The van der Waals surface area contributed by atoms with Crippen LogP contribution in [0.2, 0.25) is 0 Å². The smallest absolute Gasteiger partial charge is 0.145 e. The Balaban J connectivity index is 2.12. The van der Waals surface area contributed by atoms with Crippen molar-refractivity contribution in [2.45, 2.75) is 13.5 Å². The first-order valence-electron chi connectivity index (χ1n) is 6.35. The van der Waals surface area contributed by atoms with Gasteiger partial charge in [-0.15, -0.1) is 0 Å². The number of nitrogens with one attached hydrogen (secondary N) is 1. The van der Waals surface area contributed by atoms with Crippen molar-refractivity contribution in [1.82, 2.24) is 0 Å². The fraction of sp³-hybridized carbons (Fsp3) is 0.250. The van der Waals surface area contributed by atoms with Gasteiger partial charge in [-0.1, -0.05) is 28.1 Å². The average Bonchev–Trinajstić information content (AvgIpc) is 2.48. The van der Waals surface area contributed by atoms with Crippen LogP contribution in [0.1, 0.15) is 11.1 Å². The molecule has 106 valence electrons. The molecule has 0 aliphatic heterocycles. The Hall–Kier alpha value is -1.68. The van der Waals surface area contributed by atoms with Crippen LogP contribution in [-0.2, 0) is 6.54 Å². The fourth-order valence-electron chi connectivity index (χ4n) is 1.96. The van der Waals surface area contributed by atoms with Gasteiger partial charge in [0.25, 0.3) is 0 Å². The van der Waals surface area contributed by atoms with Gasteiger partial charge < -0.3 is 14.8 Å². The van der Waals surface area contributed by atoms with Gasteiger partial charge in [-0.2, -0.15) is 0 Å². The molecule has 0 fully saturated rings. The van der Waals surface area contributed by atoms with E-state index in [1.807, 2.05) is 18.2 Å². The van der Waals surface area contributed by atoms with Crippen LogP contribution in [0.3, 0.4) is 0 Å². The summed E-state index contributed by atoms with van der Waals surface area (Å²) < 4.78 is 11.7. The van der Waals surface area contributed by atoms with E-state index in [0.717, 1.165) is 28.2 Å². The molecule has 0 amide bonds. The molecule has 0 spiro atoms. The van der Waals surface area contributed by atoms with Crippen LogP contribution in [0, 0.1) is 6.92 Å². The maximum atomic E-state index is 5.37. The Morgan fingerprint density at radius 1 is 1.05 bits per heavy atom. The largest absolute Gasteiger partial charge is 0.497 e. The fourth-order valence-corrected chi connectivity index (χ4v) is 2.21. The van der Waals surface area contributed by atoms with Gasteiger partial charge >= 0.3 is 0 Å². The molecule has 0 aromatic heterocycles. The van der Waals surface area contributed by atoms with Crippen molar-refractivity contribution in [3.8, 4) is 11.5 Å². The number of hydrogen-bond donors (Lipinski definition) is 1. The zero-order valence-corrected chi connectivity index (χ0v) is 13.5. The predicted octanol–water partition coefficient (Wildman–Crippen LogP) is 4.39. The summed E-state index contributed by atoms with van der Waals surface area (Å²) in [5, 5.41) is 3.38. The molecule has 0 bridgehead atoms. The van der Waals surface area contributed by atoms with Crippen molar-refractivity contribution in [3.63, 3.8) is 0 Å². The molecule has 3 nitrogen and oxygen atoms in total. The zero-order valence-electron chi connectivity index (χ0n) is 11.9. The lowest BCUT2D eigenvalue weighted by molar-refractivity contribution is 0.395. The molecular formula is C16H18BrNO2. The summed E-state index contributed by atoms with van der Waals surface area (Å²) >= 11 is 3.51. The first-order valence-corrected chi connectivity index (χ1v) is 7.14. The van der Waals surface area contributed by atoms with Crippen molar-refractivity contribution in [3.05, 3.63) is 52.0 Å². The van der Waals surface area contributed by atoms with Crippen LogP contribution in [0.4, 0.5) is 5.69 Å². The van der Waals surface area contributed by atoms with Crippen LogP contribution in [0.5, 0.6) is 11.5 Å². The second-order valence-corrected chi connectivity index (χ2v) is 5.36. The lowest BCUT2D eigenvalue weighted by Gasteiger charge is -2.13. The monoisotopic (exact) mass is 335 g/mol. The van der Waals surface area contributed by atoms with Crippen molar-refractivity contribution < 1.29 is 9.47 Å². The van der Waals surface area contributed by atoms with E-state index in [9.17, 15) is 0 Å². The molecule has 2 aromatic carbocycles. The summed E-state index contributed by atoms with van der Waals surface area (Å²) in [5.41, 5.74) is 3.41. The van der Waals surface area contributed by atoms with E-state index in [1.165, 1.54) is 11.1 Å². The maximum Gasteiger partial charge on any atom is 0.145 e. The van der Waals surface area contributed by atoms with Gasteiger partial charge in [-0.25, -0.2) is 0 Å². The molecule has 0 heterocycles. The SMILES string of the molecule is COc1ccc(NCc2ccc(Br)c(C)c2)c(OC)c1. The third kappa shape index (κ3) is 3.45. The highest BCUT2D eigenvalue weighted by atomic mass is 79.9. The number of methoxy groups -OCH3 is 2. The summed E-state index contributed by atoms with van der Waals surface area (Å²) in [7, 11) is 3.30. The molecule has 2 aromatic rings. The topological polar surface area (TPSA) is 30.5 Å². The molecule has 0 saturated heterocycles. The van der Waals surface area contributed by atoms with Gasteiger partial charge in [0, 0.05) is 17.1 Å². The Labute approximate surface area is 128 Å². The minimum atomic E-state index is 0.747. The lowest BCUT2D eigenvalue weighted by atomic mass is 10.1. The standard InChI is InChI=1S/C16H18BrNO2/c1-11-8-12(4-6-14(11)17)10-18-15-7-5-13(19-2)9-16(15)20-3/h4-9,18H,10H2,1-3H3. The molecular weight excluding hydrogens is 318 g/mol. The molecule has 2 rings (SSSR count). The third-order valence-corrected chi connectivity index (χ3v) is 4.00. The van der Waals surface area contributed by atoms with E-state index in [0.29, 0.717) is 0 Å². The van der Waals surface area contributed by atoms with E-state index in [2.05, 4.69) is 46.4 Å². The molecule has 0 aliphatic carbocycles. The quantitative estimate of drug-likeness (QED) is 0.879. The van der Waals surface area contributed by atoms with Crippen LogP contribution in [0.15, 0.2) is 40.9 Å². The third-order valence-electron chi connectivity index (χ3n) is 3.11. The van der Waals surface area contributed by atoms with E-state index >= 15 is 0 Å². The second-order valence-electron chi connectivity index (χ2n) is 4.50. The van der Waals surface area contributed by atoms with Crippen molar-refractivity contribution in [2.24, 2.45) is 0 Å². The van der Waals surface area contributed by atoms with Gasteiger partial charge in [0.15, 0.2) is 0 Å². The highest BCUT2D eigenvalue weighted by molar-refractivity contribution is 9.10. The minimum Gasteiger partial charge on any atom is -0.497 e. The number of hydrogen-bond acceptors (Lipinski definition) is 3. The number of halogens is 1. The van der Waals surface area contributed by atoms with Crippen LogP contribution >= 0.6 is 15.9 Å². The van der Waals surface area contributed by atoms with Crippen LogP contribution < -0.4 is 14.8 Å². The molecule has 0 atom stereocenters. The first kappa shape index (κ1) is 14.7. The Morgan fingerprint density at radius 3 is 2.50 bits per heavy atom. The lowest BCUT2D eigenvalue weighted by Crippen LogP contribution is -2.02. The van der Waals surface area contributed by atoms with E-state index in [1.54, 1.807) is 14.2 Å². The first-order chi connectivity index (χ1) is 9.63. The summed E-state index contributed by atoms with van der Waals surface area (Å²) in [5.74, 6) is 1.56. The normalized spacial score (nSPS) is 10.2. The molecule has 20 heavy (non-hydrogen) atoms. The number of anilines is 1. The predicted molar refractivity (Wildman–Crippen MR) is 85.8 cm³/mol. The highest BCUT2D eigenvalue weighted by Crippen LogP contribution is 2.29. The summed E-state index contributed by atoms with van der Waals surface area (Å²) in [4.78, 5) is 0.